The monoisotopic (exact) mass is 305 g/mol. The normalized spacial score (nSPS) is 10.1. The maximum absolute atomic E-state index is 10.9. The Bertz CT molecular complexity index is 581. The van der Waals surface area contributed by atoms with Crippen molar-refractivity contribution in [3.8, 4) is 0 Å². The van der Waals surface area contributed by atoms with Gasteiger partial charge in [0.2, 0.25) is 5.91 Å². The Morgan fingerprint density at radius 1 is 1.33 bits per heavy atom. The van der Waals surface area contributed by atoms with Crippen molar-refractivity contribution in [1.82, 2.24) is 4.98 Å². The first kappa shape index (κ1) is 12.6. The van der Waals surface area contributed by atoms with Crippen LogP contribution in [-0.4, -0.2) is 10.9 Å². The van der Waals surface area contributed by atoms with Crippen LogP contribution in [0.2, 0.25) is 0 Å². The van der Waals surface area contributed by atoms with Gasteiger partial charge in [-0.1, -0.05) is 0 Å². The number of hydrogen-bond acceptors (Lipinski definition) is 3. The van der Waals surface area contributed by atoms with Gasteiger partial charge in [0, 0.05) is 21.9 Å². The second kappa shape index (κ2) is 5.18. The molecule has 3 N–H and O–H groups in total. The predicted octanol–water partition coefficient (Wildman–Crippen LogP) is 3.00. The Labute approximate surface area is 113 Å². The highest BCUT2D eigenvalue weighted by molar-refractivity contribution is 9.10. The molecule has 0 radical (unpaired) electrons. The van der Waals surface area contributed by atoms with E-state index in [1.165, 1.54) is 0 Å². The lowest BCUT2D eigenvalue weighted by atomic mass is 10.2. The number of nitrogens with two attached hydrogens (primary N) is 1. The van der Waals surface area contributed by atoms with Crippen LogP contribution in [0.25, 0.3) is 0 Å². The summed E-state index contributed by atoms with van der Waals surface area (Å²) in [5, 5.41) is 3.18. The average molecular weight is 306 g/mol. The highest BCUT2D eigenvalue weighted by Gasteiger charge is 2.03. The standard InChI is InChI=1S/C13H12BrN3O/c1-8-6-10(14)7-16-13(8)17-11-4-2-9(3-5-11)12(15)18/h2-7H,1H3,(H2,15,18)(H,16,17). The van der Waals surface area contributed by atoms with E-state index >= 15 is 0 Å². The number of rotatable bonds is 3. The van der Waals surface area contributed by atoms with Crippen molar-refractivity contribution in [1.29, 1.82) is 0 Å². The fourth-order valence-corrected chi connectivity index (χ4v) is 1.97. The lowest BCUT2D eigenvalue weighted by molar-refractivity contribution is 0.100. The molecule has 18 heavy (non-hydrogen) atoms. The number of pyridine rings is 1. The maximum atomic E-state index is 10.9. The summed E-state index contributed by atoms with van der Waals surface area (Å²) in [5.74, 6) is 0.351. The summed E-state index contributed by atoms with van der Waals surface area (Å²) in [6.45, 7) is 1.97. The third-order valence-electron chi connectivity index (χ3n) is 2.48. The maximum Gasteiger partial charge on any atom is 0.248 e. The zero-order valence-corrected chi connectivity index (χ0v) is 11.4. The molecule has 92 valence electrons. The van der Waals surface area contributed by atoms with Crippen LogP contribution in [0, 0.1) is 6.92 Å². The third-order valence-corrected chi connectivity index (χ3v) is 2.91. The number of hydrogen-bond donors (Lipinski definition) is 2. The number of amides is 1. The molecule has 2 aromatic rings. The first-order chi connectivity index (χ1) is 8.56. The Kier molecular flexibility index (Phi) is 3.62. The van der Waals surface area contributed by atoms with Gasteiger partial charge in [-0.25, -0.2) is 4.98 Å². The van der Waals surface area contributed by atoms with Crippen LogP contribution < -0.4 is 11.1 Å². The zero-order chi connectivity index (χ0) is 13.1. The van der Waals surface area contributed by atoms with E-state index in [9.17, 15) is 4.79 Å². The molecule has 4 nitrogen and oxygen atoms in total. The molecule has 1 aromatic heterocycles. The fraction of sp³-hybridized carbons (Fsp3) is 0.0769. The van der Waals surface area contributed by atoms with Gasteiger partial charge >= 0.3 is 0 Å². The number of benzene rings is 1. The average Bonchev–Trinajstić information content (AvgIpc) is 2.33. The van der Waals surface area contributed by atoms with Crippen LogP contribution in [0.15, 0.2) is 41.0 Å². The summed E-state index contributed by atoms with van der Waals surface area (Å²) in [6.07, 6.45) is 1.73. The highest BCUT2D eigenvalue weighted by Crippen LogP contribution is 2.21. The second-order valence-electron chi connectivity index (χ2n) is 3.89. The molecule has 0 bridgehead atoms. The van der Waals surface area contributed by atoms with Crippen molar-refractivity contribution in [2.45, 2.75) is 6.92 Å². The molecular weight excluding hydrogens is 294 g/mol. The highest BCUT2D eigenvalue weighted by atomic mass is 79.9. The minimum atomic E-state index is -0.431. The number of carbonyl (C=O) groups is 1. The van der Waals surface area contributed by atoms with Crippen molar-refractivity contribution in [2.24, 2.45) is 5.73 Å². The van der Waals surface area contributed by atoms with Gasteiger partial charge in [0.1, 0.15) is 5.82 Å². The van der Waals surface area contributed by atoms with Crippen LogP contribution in [-0.2, 0) is 0 Å². The Morgan fingerprint density at radius 2 is 2.00 bits per heavy atom. The molecule has 1 amide bonds. The van der Waals surface area contributed by atoms with E-state index in [2.05, 4.69) is 26.2 Å². The first-order valence-corrected chi connectivity index (χ1v) is 6.14. The van der Waals surface area contributed by atoms with Crippen LogP contribution in [0.4, 0.5) is 11.5 Å². The molecule has 0 spiro atoms. The van der Waals surface area contributed by atoms with E-state index in [0.29, 0.717) is 5.56 Å². The van der Waals surface area contributed by atoms with Gasteiger partial charge in [-0.05, 0) is 58.7 Å². The number of nitrogens with one attached hydrogen (secondary N) is 1. The molecule has 0 aliphatic heterocycles. The lowest BCUT2D eigenvalue weighted by Gasteiger charge is -2.08. The summed E-state index contributed by atoms with van der Waals surface area (Å²) in [6, 6.07) is 8.93. The molecule has 1 heterocycles. The van der Waals surface area contributed by atoms with Crippen LogP contribution in [0.5, 0.6) is 0 Å². The van der Waals surface area contributed by atoms with Gasteiger partial charge in [-0.3, -0.25) is 4.79 Å². The molecule has 0 fully saturated rings. The van der Waals surface area contributed by atoms with E-state index in [0.717, 1.165) is 21.5 Å². The van der Waals surface area contributed by atoms with E-state index in [1.807, 2.05) is 13.0 Å². The molecule has 0 aliphatic carbocycles. The van der Waals surface area contributed by atoms with Gasteiger partial charge in [0.05, 0.1) is 0 Å². The molecule has 0 atom stereocenters. The lowest BCUT2D eigenvalue weighted by Crippen LogP contribution is -2.10. The number of carbonyl (C=O) groups excluding carboxylic acids is 1. The van der Waals surface area contributed by atoms with Crippen LogP contribution in [0.3, 0.4) is 0 Å². The minimum absolute atomic E-state index is 0.431. The summed E-state index contributed by atoms with van der Waals surface area (Å²) in [7, 11) is 0. The third kappa shape index (κ3) is 2.87. The van der Waals surface area contributed by atoms with E-state index in [4.69, 9.17) is 5.73 Å². The van der Waals surface area contributed by atoms with Crippen molar-refractivity contribution in [2.75, 3.05) is 5.32 Å². The van der Waals surface area contributed by atoms with E-state index in [-0.39, 0.29) is 0 Å². The largest absolute Gasteiger partial charge is 0.366 e. The molecular formula is C13H12BrN3O. The SMILES string of the molecule is Cc1cc(Br)cnc1Nc1ccc(C(N)=O)cc1. The molecule has 0 aliphatic rings. The van der Waals surface area contributed by atoms with Gasteiger partial charge in [0.25, 0.3) is 0 Å². The molecule has 0 saturated carbocycles. The van der Waals surface area contributed by atoms with Crippen molar-refractivity contribution >= 4 is 33.3 Å². The summed E-state index contributed by atoms with van der Waals surface area (Å²) < 4.78 is 0.939. The van der Waals surface area contributed by atoms with Crippen molar-refractivity contribution in [3.63, 3.8) is 0 Å². The molecule has 1 aromatic carbocycles. The first-order valence-electron chi connectivity index (χ1n) is 5.35. The van der Waals surface area contributed by atoms with E-state index in [1.54, 1.807) is 30.5 Å². The smallest absolute Gasteiger partial charge is 0.248 e. The quantitative estimate of drug-likeness (QED) is 0.916. The molecule has 0 unspecified atom stereocenters. The minimum Gasteiger partial charge on any atom is -0.366 e. The van der Waals surface area contributed by atoms with Crippen molar-refractivity contribution in [3.05, 3.63) is 52.1 Å². The summed E-state index contributed by atoms with van der Waals surface area (Å²) >= 11 is 3.37. The Balaban J connectivity index is 2.21. The number of anilines is 2. The number of aryl methyl sites for hydroxylation is 1. The topological polar surface area (TPSA) is 68.0 Å². The van der Waals surface area contributed by atoms with Crippen molar-refractivity contribution < 1.29 is 4.79 Å². The number of aromatic nitrogens is 1. The summed E-state index contributed by atoms with van der Waals surface area (Å²) in [4.78, 5) is 15.2. The van der Waals surface area contributed by atoms with Gasteiger partial charge in [-0.15, -0.1) is 0 Å². The predicted molar refractivity (Wildman–Crippen MR) is 74.9 cm³/mol. The second-order valence-corrected chi connectivity index (χ2v) is 4.80. The number of primary amides is 1. The van der Waals surface area contributed by atoms with Crippen LogP contribution >= 0.6 is 15.9 Å². The van der Waals surface area contributed by atoms with Gasteiger partial charge < -0.3 is 11.1 Å². The summed E-state index contributed by atoms with van der Waals surface area (Å²) in [5.41, 5.74) is 7.56. The molecule has 5 heteroatoms. The Hall–Kier alpha value is -1.88. The Morgan fingerprint density at radius 3 is 2.56 bits per heavy atom. The van der Waals surface area contributed by atoms with Gasteiger partial charge in [-0.2, -0.15) is 0 Å². The molecule has 0 saturated heterocycles. The van der Waals surface area contributed by atoms with Gasteiger partial charge in [0.15, 0.2) is 0 Å². The van der Waals surface area contributed by atoms with E-state index < -0.39 is 5.91 Å². The fourth-order valence-electron chi connectivity index (χ4n) is 1.53. The zero-order valence-electron chi connectivity index (χ0n) is 9.77. The number of nitrogens with zero attached hydrogens (tertiary/aromatic N) is 1. The molecule has 2 rings (SSSR count). The number of halogens is 1. The van der Waals surface area contributed by atoms with Crippen LogP contribution in [0.1, 0.15) is 15.9 Å².